The first-order valence-electron chi connectivity index (χ1n) is 11.2. The molecule has 0 saturated heterocycles. The molecule has 4 rings (SSSR count). The maximum Gasteiger partial charge on any atom is 0.230 e. The van der Waals surface area contributed by atoms with Crippen molar-refractivity contribution in [2.45, 2.75) is 39.7 Å². The summed E-state index contributed by atoms with van der Waals surface area (Å²) in [5.74, 6) is -0.352. The fraction of sp³-hybridized carbons (Fsp3) is 0.478. The molecule has 5 nitrogen and oxygen atoms in total. The van der Waals surface area contributed by atoms with Crippen molar-refractivity contribution in [1.82, 2.24) is 14.4 Å². The molecule has 2 unspecified atom stereocenters. The Morgan fingerprint density at radius 1 is 1.06 bits per heavy atom. The molecule has 0 N–H and O–H groups in total. The minimum Gasteiger partial charge on any atom is -0.343 e. The predicted molar refractivity (Wildman–Crippen MR) is 134 cm³/mol. The van der Waals surface area contributed by atoms with E-state index in [4.69, 9.17) is 31.4 Å². The summed E-state index contributed by atoms with van der Waals surface area (Å²) in [5, 5.41) is 0.778. The summed E-state index contributed by atoms with van der Waals surface area (Å²) in [5.41, 5.74) is 4.34. The van der Waals surface area contributed by atoms with Crippen LogP contribution >= 0.6 is 0 Å². The highest BCUT2D eigenvalue weighted by Crippen LogP contribution is 2.39. The third-order valence-corrected chi connectivity index (χ3v) is 7.05. The molecule has 156 valence electrons. The summed E-state index contributed by atoms with van der Waals surface area (Å²) in [6.07, 6.45) is 2.92. The lowest BCUT2D eigenvalue weighted by Crippen LogP contribution is -2.50. The van der Waals surface area contributed by atoms with E-state index in [2.05, 4.69) is 4.90 Å². The lowest BCUT2D eigenvalue weighted by molar-refractivity contribution is -0.134. The van der Waals surface area contributed by atoms with Crippen molar-refractivity contribution in [3.05, 3.63) is 17.2 Å². The molecule has 32 heavy (non-hydrogen) atoms. The summed E-state index contributed by atoms with van der Waals surface area (Å²) < 4.78 is 1.48. The van der Waals surface area contributed by atoms with Gasteiger partial charge < -0.3 is 4.90 Å². The van der Waals surface area contributed by atoms with Gasteiger partial charge in [0.1, 0.15) is 31.4 Å². The molecule has 1 aliphatic carbocycles. The SMILES string of the molecule is [B]c1c([B])c([B])c2c3c(c([B])n2C(=O)CC)CC2C(=CC(C(=O)N(CC)CC)CN2C)c13. The van der Waals surface area contributed by atoms with Crippen LogP contribution in [0.3, 0.4) is 0 Å². The number of hydrogen-bond donors (Lipinski definition) is 0. The van der Waals surface area contributed by atoms with Gasteiger partial charge in [0.25, 0.3) is 0 Å². The number of fused-ring (bicyclic) bond motifs is 2. The minimum atomic E-state index is -0.294. The van der Waals surface area contributed by atoms with Gasteiger partial charge in [0.15, 0.2) is 0 Å². The van der Waals surface area contributed by atoms with Gasteiger partial charge in [-0.3, -0.25) is 19.1 Å². The van der Waals surface area contributed by atoms with Gasteiger partial charge in [-0.25, -0.2) is 0 Å². The molecule has 0 saturated carbocycles. The summed E-state index contributed by atoms with van der Waals surface area (Å²) in [7, 11) is 27.7. The monoisotopic (exact) mass is 419 g/mol. The van der Waals surface area contributed by atoms with Gasteiger partial charge in [-0.1, -0.05) is 23.9 Å². The van der Waals surface area contributed by atoms with Crippen molar-refractivity contribution >= 4 is 81.7 Å². The van der Waals surface area contributed by atoms with E-state index in [1.165, 1.54) is 4.57 Å². The van der Waals surface area contributed by atoms with Crippen LogP contribution in [0, 0.1) is 5.92 Å². The summed E-state index contributed by atoms with van der Waals surface area (Å²) >= 11 is 0. The summed E-state index contributed by atoms with van der Waals surface area (Å²) in [6.45, 7) is 7.66. The van der Waals surface area contributed by atoms with Crippen LogP contribution < -0.4 is 22.0 Å². The summed E-state index contributed by atoms with van der Waals surface area (Å²) in [6, 6.07) is -0.0216. The van der Waals surface area contributed by atoms with Crippen molar-refractivity contribution < 1.29 is 9.59 Å². The molecule has 1 aliphatic heterocycles. The average Bonchev–Trinajstić information content (AvgIpc) is 3.07. The zero-order valence-electron chi connectivity index (χ0n) is 19.2. The highest BCUT2D eigenvalue weighted by Gasteiger charge is 2.39. The lowest BCUT2D eigenvalue weighted by atomic mass is 9.64. The Bertz CT molecular complexity index is 1170. The second-order valence-electron chi connectivity index (χ2n) is 8.68. The van der Waals surface area contributed by atoms with Gasteiger partial charge >= 0.3 is 0 Å². The molecular weight excluding hydrogens is 394 g/mol. The number of amides is 1. The molecule has 1 aromatic heterocycles. The van der Waals surface area contributed by atoms with E-state index in [-0.39, 0.29) is 41.1 Å². The maximum absolute atomic E-state index is 13.2. The first-order valence-corrected chi connectivity index (χ1v) is 11.2. The number of benzene rings is 1. The first kappa shape index (κ1) is 23.0. The molecule has 1 amide bonds. The zero-order chi connectivity index (χ0) is 23.5. The van der Waals surface area contributed by atoms with Crippen LogP contribution in [0.4, 0.5) is 0 Å². The summed E-state index contributed by atoms with van der Waals surface area (Å²) in [4.78, 5) is 30.0. The normalized spacial score (nSPS) is 20.2. The highest BCUT2D eigenvalue weighted by atomic mass is 16.2. The molecule has 0 spiro atoms. The molecule has 8 radical (unpaired) electrons. The third kappa shape index (κ3) is 3.15. The quantitative estimate of drug-likeness (QED) is 0.574. The zero-order valence-corrected chi connectivity index (χ0v) is 19.2. The van der Waals surface area contributed by atoms with Crippen LogP contribution in [0.2, 0.25) is 0 Å². The molecule has 2 atom stereocenters. The molecule has 0 fully saturated rings. The highest BCUT2D eigenvalue weighted by molar-refractivity contribution is 6.62. The lowest BCUT2D eigenvalue weighted by Gasteiger charge is -2.41. The van der Waals surface area contributed by atoms with Crippen LogP contribution in [0.5, 0.6) is 0 Å². The van der Waals surface area contributed by atoms with Gasteiger partial charge in [0.2, 0.25) is 11.8 Å². The fourth-order valence-corrected chi connectivity index (χ4v) is 5.31. The van der Waals surface area contributed by atoms with Crippen LogP contribution in [0.15, 0.2) is 6.08 Å². The number of nitrogens with zero attached hydrogens (tertiary/aromatic N) is 3. The number of likely N-dealkylation sites (N-methyl/N-ethyl adjacent to an activating group) is 1. The molecular formula is C23H25B4N3O2. The van der Waals surface area contributed by atoms with E-state index in [1.54, 1.807) is 6.92 Å². The number of carbonyl (C=O) groups is 2. The minimum absolute atomic E-state index is 0.0216. The topological polar surface area (TPSA) is 45.6 Å². The van der Waals surface area contributed by atoms with Gasteiger partial charge in [-0.05, 0) is 49.6 Å². The Balaban J connectivity index is 2.02. The largest absolute Gasteiger partial charge is 0.343 e. The van der Waals surface area contributed by atoms with Crippen LogP contribution in [-0.4, -0.2) is 90.3 Å². The molecule has 1 aromatic carbocycles. The Morgan fingerprint density at radius 3 is 2.31 bits per heavy atom. The Kier molecular flexibility index (Phi) is 5.99. The first-order chi connectivity index (χ1) is 15.2. The molecule has 2 aromatic rings. The second kappa shape index (κ2) is 8.33. The van der Waals surface area contributed by atoms with Crippen molar-refractivity contribution in [2.24, 2.45) is 5.92 Å². The Labute approximate surface area is 195 Å². The standard InChI is InChI=1S/C23H25B4N3O2/c1-5-15(31)30-21-17-13(22(30)27)9-14-12(16(17)18(24)19(25)20(21)26)8-11(10-28(14)4)23(32)29(6-2)7-3/h8,11,14H,5-7,9-10H2,1-4H3. The third-order valence-electron chi connectivity index (χ3n) is 7.05. The average molecular weight is 419 g/mol. The Hall–Kier alpha value is -2.14. The van der Waals surface area contributed by atoms with Crippen molar-refractivity contribution in [2.75, 3.05) is 26.7 Å². The van der Waals surface area contributed by atoms with Crippen molar-refractivity contribution in [3.8, 4) is 0 Å². The van der Waals surface area contributed by atoms with Crippen molar-refractivity contribution in [3.63, 3.8) is 0 Å². The molecule has 2 aliphatic rings. The van der Waals surface area contributed by atoms with Gasteiger partial charge in [0, 0.05) is 43.0 Å². The molecule has 0 bridgehead atoms. The maximum atomic E-state index is 13.2. The van der Waals surface area contributed by atoms with Crippen molar-refractivity contribution in [1.29, 1.82) is 0 Å². The van der Waals surface area contributed by atoms with Gasteiger partial charge in [-0.2, -0.15) is 0 Å². The molecule has 9 heteroatoms. The number of rotatable bonds is 4. The van der Waals surface area contributed by atoms with E-state index >= 15 is 0 Å². The van der Waals surface area contributed by atoms with Crippen LogP contribution in [-0.2, 0) is 11.2 Å². The van der Waals surface area contributed by atoms with Gasteiger partial charge in [0.05, 0.1) is 5.92 Å². The van der Waals surface area contributed by atoms with E-state index in [0.717, 1.165) is 22.1 Å². The van der Waals surface area contributed by atoms with Crippen LogP contribution in [0.25, 0.3) is 16.5 Å². The smallest absolute Gasteiger partial charge is 0.230 e. The number of carbonyl (C=O) groups excluding carboxylic acids is 2. The number of aromatic nitrogens is 1. The second-order valence-corrected chi connectivity index (χ2v) is 8.68. The van der Waals surface area contributed by atoms with E-state index in [9.17, 15) is 9.59 Å². The van der Waals surface area contributed by atoms with E-state index in [0.29, 0.717) is 42.6 Å². The van der Waals surface area contributed by atoms with Crippen LogP contribution in [0.1, 0.15) is 43.1 Å². The number of hydrogen-bond acceptors (Lipinski definition) is 3. The Morgan fingerprint density at radius 2 is 1.72 bits per heavy atom. The predicted octanol–water partition coefficient (Wildman–Crippen LogP) is -1.40. The van der Waals surface area contributed by atoms with E-state index in [1.807, 2.05) is 31.9 Å². The van der Waals surface area contributed by atoms with Gasteiger partial charge in [-0.15, -0.1) is 5.46 Å². The fourth-order valence-electron chi connectivity index (χ4n) is 5.31. The van der Waals surface area contributed by atoms with E-state index < -0.39 is 0 Å². The molecule has 2 heterocycles.